The molecule has 1 radical (unpaired) electrons. The maximum absolute atomic E-state index is 9.99. The van der Waals surface area contributed by atoms with Crippen LogP contribution in [0.25, 0.3) is 0 Å². The van der Waals surface area contributed by atoms with Gasteiger partial charge in [-0.15, -0.1) is 0 Å². The van der Waals surface area contributed by atoms with Gasteiger partial charge in [0.15, 0.2) is 0 Å². The Labute approximate surface area is 62.6 Å². The van der Waals surface area contributed by atoms with Crippen molar-refractivity contribution in [3.63, 3.8) is 0 Å². The zero-order valence-corrected chi connectivity index (χ0v) is 6.76. The third-order valence-electron chi connectivity index (χ3n) is 0. The minimum absolute atomic E-state index is 0. The molecule has 55 valence electrons. The molecule has 0 aliphatic rings. The smallest absolute Gasteiger partial charge is 0.560 e. The molecule has 0 spiro atoms. The number of halogens is 2. The van der Waals surface area contributed by atoms with E-state index in [1.165, 1.54) is 0 Å². The first kappa shape index (κ1) is 16.0. The molecule has 0 aromatic carbocycles. The quantitative estimate of drug-likeness (QED) is 0.331. The van der Waals surface area contributed by atoms with Gasteiger partial charge in [0.25, 0.3) is 0 Å². The molecule has 0 aliphatic heterocycles. The fourth-order valence-corrected chi connectivity index (χ4v) is 0. The van der Waals surface area contributed by atoms with Crippen LogP contribution in [0.2, 0.25) is 0 Å². The predicted molar refractivity (Wildman–Crippen MR) is 15.1 cm³/mol. The predicted octanol–water partition coefficient (Wildman–Crippen LogP) is -2.54. The molecule has 9 heteroatoms. The molecule has 0 amide bonds. The van der Waals surface area contributed by atoms with Crippen molar-refractivity contribution < 1.29 is 43.5 Å². The Hall–Kier alpha value is 0.000260. The van der Waals surface area contributed by atoms with Crippen molar-refractivity contribution in [2.45, 2.75) is 0 Å². The van der Waals surface area contributed by atoms with Gasteiger partial charge in [-0.05, 0) is 0 Å². The maximum atomic E-state index is 9.99. The molecule has 4 nitrogen and oxygen atoms in total. The van der Waals surface area contributed by atoms with E-state index < -0.39 is 18.5 Å². The molecule has 0 aromatic rings. The maximum Gasteiger partial charge on any atom is 2.00 e. The van der Waals surface area contributed by atoms with Gasteiger partial charge in [-0.3, -0.25) is 8.22 Å². The molecule has 0 aliphatic carbocycles. The molecular formula is CoF2O4Si2. The normalized spacial score (nSPS) is 5.56. The van der Waals surface area contributed by atoms with Gasteiger partial charge in [-0.25, -0.2) is 0 Å². The van der Waals surface area contributed by atoms with Gasteiger partial charge in [-0.1, -0.05) is 0 Å². The third kappa shape index (κ3) is 4270000000. The summed E-state index contributed by atoms with van der Waals surface area (Å²) in [5.41, 5.74) is 0. The summed E-state index contributed by atoms with van der Waals surface area (Å²) in [6, 6.07) is 0. The Morgan fingerprint density at radius 2 is 1.00 bits per heavy atom. The molecule has 0 atom stereocenters. The number of hydrogen-bond acceptors (Lipinski definition) is 4. The summed E-state index contributed by atoms with van der Waals surface area (Å²) in [5, 5.41) is 0. The van der Waals surface area contributed by atoms with Crippen LogP contribution in [0.3, 0.4) is 0 Å². The molecule has 0 saturated carbocycles. The van der Waals surface area contributed by atoms with Gasteiger partial charge in [0.1, 0.15) is 0 Å². The van der Waals surface area contributed by atoms with E-state index in [-0.39, 0.29) is 16.8 Å². The fourth-order valence-electron chi connectivity index (χ4n) is 0. The molecule has 0 N–H and O–H groups in total. The fraction of sp³-hybridized carbons (Fsp3) is 0. The van der Waals surface area contributed by atoms with E-state index in [2.05, 4.69) is 0 Å². The van der Waals surface area contributed by atoms with Crippen molar-refractivity contribution in [3.8, 4) is 0 Å². The zero-order chi connectivity index (χ0) is 7.15. The van der Waals surface area contributed by atoms with Crippen LogP contribution in [0.5, 0.6) is 0 Å². The van der Waals surface area contributed by atoms with Gasteiger partial charge in [0.2, 0.25) is 0 Å². The molecule has 0 heterocycles. The van der Waals surface area contributed by atoms with Crippen LogP contribution in [-0.4, -0.2) is 18.5 Å². The molecule has 9 heavy (non-hydrogen) atoms. The minimum Gasteiger partial charge on any atom is -0.560 e. The second-order valence-electron chi connectivity index (χ2n) is 0.475. The van der Waals surface area contributed by atoms with E-state index in [0.717, 1.165) is 0 Å². The average Bonchev–Trinajstić information content (AvgIpc) is 1.25. The van der Waals surface area contributed by atoms with Crippen LogP contribution in [0.1, 0.15) is 0 Å². The van der Waals surface area contributed by atoms with E-state index in [9.17, 15) is 8.22 Å². The third-order valence-corrected chi connectivity index (χ3v) is 0. The average molecular weight is 217 g/mol. The van der Waals surface area contributed by atoms with Gasteiger partial charge >= 0.3 is 35.3 Å². The van der Waals surface area contributed by atoms with Crippen molar-refractivity contribution in [2.24, 2.45) is 0 Å². The van der Waals surface area contributed by atoms with Gasteiger partial charge in [0, 0.05) is 0 Å². The number of rotatable bonds is 0. The Morgan fingerprint density at radius 3 is 1.00 bits per heavy atom. The first-order valence-corrected chi connectivity index (χ1v) is 3.58. The Bertz CT molecular complexity index is 74.6. The summed E-state index contributed by atoms with van der Waals surface area (Å²) in [6.07, 6.45) is 0. The van der Waals surface area contributed by atoms with E-state index in [1.54, 1.807) is 0 Å². The second-order valence-corrected chi connectivity index (χ2v) is 1.43. The van der Waals surface area contributed by atoms with E-state index in [4.69, 9.17) is 18.5 Å². The number of hydrogen-bond donors (Lipinski definition) is 0. The molecule has 0 fully saturated rings. The second kappa shape index (κ2) is 10.9. The topological polar surface area (TPSA) is 80.3 Å². The van der Waals surface area contributed by atoms with Crippen molar-refractivity contribution in [1.29, 1.82) is 0 Å². The van der Waals surface area contributed by atoms with Crippen molar-refractivity contribution >= 4 is 18.5 Å². The van der Waals surface area contributed by atoms with Gasteiger partial charge in [-0.2, -0.15) is 0 Å². The molecule has 0 bridgehead atoms. The monoisotopic (exact) mass is 217 g/mol. The van der Waals surface area contributed by atoms with Gasteiger partial charge < -0.3 is 18.5 Å². The van der Waals surface area contributed by atoms with Crippen molar-refractivity contribution in [1.82, 2.24) is 0 Å². The SMILES string of the molecule is O=[Si]([O-])F.O=[Si]([O-])F.[Co+2]. The summed E-state index contributed by atoms with van der Waals surface area (Å²) in [4.78, 5) is 16.8. The van der Waals surface area contributed by atoms with Crippen LogP contribution in [-0.2, 0) is 25.7 Å². The summed E-state index contributed by atoms with van der Waals surface area (Å²) in [6.45, 7) is 0. The summed E-state index contributed by atoms with van der Waals surface area (Å²) in [5.74, 6) is 0. The Morgan fingerprint density at radius 1 is 1.00 bits per heavy atom. The largest absolute Gasteiger partial charge is 2.00 e. The molecule has 0 unspecified atom stereocenters. The van der Waals surface area contributed by atoms with Crippen LogP contribution in [0.15, 0.2) is 0 Å². The van der Waals surface area contributed by atoms with Crippen LogP contribution >= 0.6 is 0 Å². The summed E-state index contributed by atoms with van der Waals surface area (Å²) < 4.78 is 36.8. The standard InChI is InChI=1S/Co.2FO2Si/c;2*1-4(2)3/q+2;2*-1. The van der Waals surface area contributed by atoms with Crippen LogP contribution < -0.4 is 9.59 Å². The van der Waals surface area contributed by atoms with E-state index in [1.807, 2.05) is 0 Å². The zero-order valence-electron chi connectivity index (χ0n) is 3.72. The summed E-state index contributed by atoms with van der Waals surface area (Å²) >= 11 is 0. The van der Waals surface area contributed by atoms with E-state index in [0.29, 0.717) is 0 Å². The minimum atomic E-state index is -3.88. The van der Waals surface area contributed by atoms with E-state index >= 15 is 0 Å². The molecule has 0 aromatic heterocycles. The first-order chi connectivity index (χ1) is 3.46. The van der Waals surface area contributed by atoms with Gasteiger partial charge in [0.05, 0.1) is 0 Å². The molecular weight excluding hydrogens is 217 g/mol. The van der Waals surface area contributed by atoms with Crippen LogP contribution in [0, 0.1) is 0 Å². The molecule has 0 rings (SSSR count). The molecule has 0 saturated heterocycles. The summed E-state index contributed by atoms with van der Waals surface area (Å²) in [7, 11) is -7.76. The first-order valence-electron chi connectivity index (χ1n) is 1.19. The van der Waals surface area contributed by atoms with Crippen molar-refractivity contribution in [2.75, 3.05) is 0 Å². The Kier molecular flexibility index (Phi) is 19.4. The van der Waals surface area contributed by atoms with Crippen LogP contribution in [0.4, 0.5) is 8.22 Å². The Balaban J connectivity index is -0.0000000720. The van der Waals surface area contributed by atoms with Crippen molar-refractivity contribution in [3.05, 3.63) is 0 Å².